The van der Waals surface area contributed by atoms with Gasteiger partial charge in [0.1, 0.15) is 5.84 Å². The summed E-state index contributed by atoms with van der Waals surface area (Å²) >= 11 is 1.57. The molecule has 6 nitrogen and oxygen atoms in total. The molecule has 1 amide bonds. The molecule has 4 N–H and O–H groups in total. The molecule has 22 heavy (non-hydrogen) atoms. The van der Waals surface area contributed by atoms with Crippen LogP contribution in [0.4, 0.5) is 5.69 Å². The first-order chi connectivity index (χ1) is 10.7. The molecule has 0 radical (unpaired) electrons. The maximum Gasteiger partial charge on any atom is 0.247 e. The molecule has 0 unspecified atom stereocenters. The second-order valence-corrected chi connectivity index (χ2v) is 6.14. The molecular weight excluding hydrogens is 298 g/mol. The number of aromatic nitrogens is 2. The Hall–Kier alpha value is -2.41. The van der Waals surface area contributed by atoms with E-state index in [1.54, 1.807) is 17.5 Å². The smallest absolute Gasteiger partial charge is 0.247 e. The predicted octanol–water partition coefficient (Wildman–Crippen LogP) is 2.44. The summed E-state index contributed by atoms with van der Waals surface area (Å²) in [6, 6.07) is 1.97. The van der Waals surface area contributed by atoms with Gasteiger partial charge in [0, 0.05) is 35.2 Å². The summed E-state index contributed by atoms with van der Waals surface area (Å²) in [6.45, 7) is 2.68. The van der Waals surface area contributed by atoms with Crippen molar-refractivity contribution in [3.8, 4) is 10.4 Å². The summed E-state index contributed by atoms with van der Waals surface area (Å²) in [6.07, 6.45) is 6.75. The fourth-order valence-corrected chi connectivity index (χ4v) is 3.26. The Bertz CT molecular complexity index is 742. The average molecular weight is 315 g/mol. The van der Waals surface area contributed by atoms with Gasteiger partial charge in [0.15, 0.2) is 0 Å². The van der Waals surface area contributed by atoms with Crippen molar-refractivity contribution >= 4 is 34.8 Å². The summed E-state index contributed by atoms with van der Waals surface area (Å²) in [5, 5.41) is 9.64. The minimum Gasteiger partial charge on any atom is -0.387 e. The Kier molecular flexibility index (Phi) is 4.06. The van der Waals surface area contributed by atoms with Crippen LogP contribution in [0.15, 0.2) is 29.0 Å². The first-order valence-electron chi connectivity index (χ1n) is 7.12. The predicted molar refractivity (Wildman–Crippen MR) is 89.1 cm³/mol. The number of nitrogens with two attached hydrogens (primary N) is 1. The number of rotatable bonds is 4. The Morgan fingerprint density at radius 3 is 3.14 bits per heavy atom. The second-order valence-electron chi connectivity index (χ2n) is 5.05. The highest BCUT2D eigenvalue weighted by Gasteiger charge is 2.18. The quantitative estimate of drug-likeness (QED) is 0.808. The third-order valence-corrected chi connectivity index (χ3v) is 4.41. The van der Waals surface area contributed by atoms with E-state index in [9.17, 15) is 4.79 Å². The largest absolute Gasteiger partial charge is 0.387 e. The summed E-state index contributed by atoms with van der Waals surface area (Å²) in [5.74, 6) is 0.374. The van der Waals surface area contributed by atoms with E-state index in [1.807, 2.05) is 25.3 Å². The normalized spacial score (nSPS) is 13.9. The van der Waals surface area contributed by atoms with Gasteiger partial charge in [0.25, 0.3) is 0 Å². The number of amidine groups is 1. The van der Waals surface area contributed by atoms with Gasteiger partial charge in [-0.15, -0.1) is 11.3 Å². The lowest BCUT2D eigenvalue weighted by Gasteiger charge is -2.06. The van der Waals surface area contributed by atoms with Gasteiger partial charge in [0.2, 0.25) is 5.91 Å². The van der Waals surface area contributed by atoms with Crippen molar-refractivity contribution in [3.63, 3.8) is 0 Å². The molecule has 114 valence electrons. The maximum atomic E-state index is 12.2. The Morgan fingerprint density at radius 2 is 2.41 bits per heavy atom. The Balaban J connectivity index is 1.96. The number of amides is 1. The number of aliphatic imine (C=N–C) groups is 1. The zero-order valence-corrected chi connectivity index (χ0v) is 13.0. The van der Waals surface area contributed by atoms with Crippen molar-refractivity contribution < 1.29 is 4.79 Å². The van der Waals surface area contributed by atoms with Crippen LogP contribution in [0.5, 0.6) is 0 Å². The minimum absolute atomic E-state index is 0.0777. The van der Waals surface area contributed by atoms with Crippen LogP contribution in [-0.4, -0.2) is 28.5 Å². The molecular formula is C15H17N5OS. The van der Waals surface area contributed by atoms with Crippen molar-refractivity contribution in [3.05, 3.63) is 28.9 Å². The van der Waals surface area contributed by atoms with Crippen molar-refractivity contribution in [1.82, 2.24) is 15.5 Å². The second kappa shape index (κ2) is 6.15. The van der Waals surface area contributed by atoms with Crippen LogP contribution in [0.1, 0.15) is 24.6 Å². The molecule has 2 aromatic heterocycles. The standard InChI is InChI=1S/C15H17N5OS/c1-2-3-17-15(21)9-4-13-11(20-14(16)5-9)6-12(22-13)10-7-18-19-8-10/h4,6-8H,2-3,5H2,1H3,(H2,16,20)(H,17,21)(H,18,19). The molecule has 0 saturated heterocycles. The summed E-state index contributed by atoms with van der Waals surface area (Å²) in [7, 11) is 0. The van der Waals surface area contributed by atoms with Crippen molar-refractivity contribution in [2.24, 2.45) is 10.7 Å². The number of carbonyl (C=O) groups is 1. The highest BCUT2D eigenvalue weighted by atomic mass is 32.1. The van der Waals surface area contributed by atoms with E-state index < -0.39 is 0 Å². The molecule has 0 fully saturated rings. The maximum absolute atomic E-state index is 12.2. The first-order valence-corrected chi connectivity index (χ1v) is 7.94. The van der Waals surface area contributed by atoms with Gasteiger partial charge in [-0.25, -0.2) is 4.99 Å². The van der Waals surface area contributed by atoms with E-state index in [1.165, 1.54) is 0 Å². The number of H-pyrrole nitrogens is 1. The summed E-state index contributed by atoms with van der Waals surface area (Å²) in [5.41, 5.74) is 8.40. The molecule has 1 aliphatic rings. The van der Waals surface area contributed by atoms with Crippen molar-refractivity contribution in [2.45, 2.75) is 19.8 Å². The lowest BCUT2D eigenvalue weighted by molar-refractivity contribution is -0.117. The van der Waals surface area contributed by atoms with Gasteiger partial charge in [-0.2, -0.15) is 5.10 Å². The number of carbonyl (C=O) groups excluding carboxylic acids is 1. The highest BCUT2D eigenvalue weighted by Crippen LogP contribution is 2.39. The molecule has 0 aliphatic carbocycles. The van der Waals surface area contributed by atoms with E-state index in [0.29, 0.717) is 24.4 Å². The van der Waals surface area contributed by atoms with E-state index in [2.05, 4.69) is 20.5 Å². The molecule has 0 bridgehead atoms. The molecule has 0 atom stereocenters. The van der Waals surface area contributed by atoms with Crippen molar-refractivity contribution in [1.29, 1.82) is 0 Å². The first kappa shape index (κ1) is 14.5. The number of hydrogen-bond donors (Lipinski definition) is 3. The zero-order chi connectivity index (χ0) is 15.5. The molecule has 3 rings (SSSR count). The van der Waals surface area contributed by atoms with Gasteiger partial charge in [0.05, 0.1) is 16.8 Å². The van der Waals surface area contributed by atoms with Crippen LogP contribution in [-0.2, 0) is 4.79 Å². The number of nitrogens with zero attached hydrogens (tertiary/aromatic N) is 2. The molecule has 0 spiro atoms. The average Bonchev–Trinajstić information content (AvgIpc) is 3.12. The van der Waals surface area contributed by atoms with Gasteiger partial charge < -0.3 is 11.1 Å². The molecule has 0 aromatic carbocycles. The fourth-order valence-electron chi connectivity index (χ4n) is 2.21. The van der Waals surface area contributed by atoms with Gasteiger partial charge in [-0.05, 0) is 18.6 Å². The molecule has 7 heteroatoms. The van der Waals surface area contributed by atoms with Gasteiger partial charge in [-0.3, -0.25) is 9.89 Å². The van der Waals surface area contributed by atoms with Crippen LogP contribution in [0, 0.1) is 0 Å². The fraction of sp³-hybridized carbons (Fsp3) is 0.267. The number of thiophene rings is 1. The lowest BCUT2D eigenvalue weighted by atomic mass is 10.1. The van der Waals surface area contributed by atoms with Gasteiger partial charge in [-0.1, -0.05) is 6.92 Å². The lowest BCUT2D eigenvalue weighted by Crippen LogP contribution is -2.27. The van der Waals surface area contributed by atoms with E-state index in [4.69, 9.17) is 5.73 Å². The minimum atomic E-state index is -0.0777. The monoisotopic (exact) mass is 315 g/mol. The number of hydrogen-bond acceptors (Lipinski definition) is 5. The van der Waals surface area contributed by atoms with E-state index in [0.717, 1.165) is 27.4 Å². The van der Waals surface area contributed by atoms with Crippen molar-refractivity contribution in [2.75, 3.05) is 6.54 Å². The van der Waals surface area contributed by atoms with E-state index in [-0.39, 0.29) is 5.91 Å². The number of nitrogens with one attached hydrogen (secondary N) is 2. The van der Waals surface area contributed by atoms with Crippen LogP contribution in [0.3, 0.4) is 0 Å². The Labute approximate surface area is 132 Å². The summed E-state index contributed by atoms with van der Waals surface area (Å²) < 4.78 is 0. The molecule has 3 heterocycles. The SMILES string of the molecule is CCCNC(=O)C1=Cc2sc(-c3cn[nH]c3)cc2N=C(N)C1. The van der Waals surface area contributed by atoms with Gasteiger partial charge >= 0.3 is 0 Å². The van der Waals surface area contributed by atoms with Crippen LogP contribution >= 0.6 is 11.3 Å². The molecule has 2 aromatic rings. The number of aromatic amines is 1. The van der Waals surface area contributed by atoms with Crippen LogP contribution < -0.4 is 11.1 Å². The molecule has 0 saturated carbocycles. The van der Waals surface area contributed by atoms with Crippen LogP contribution in [0.2, 0.25) is 0 Å². The highest BCUT2D eigenvalue weighted by molar-refractivity contribution is 7.17. The topological polar surface area (TPSA) is 96.2 Å². The van der Waals surface area contributed by atoms with E-state index >= 15 is 0 Å². The van der Waals surface area contributed by atoms with Crippen LogP contribution in [0.25, 0.3) is 16.5 Å². The summed E-state index contributed by atoms with van der Waals surface area (Å²) in [4.78, 5) is 18.6. The third-order valence-electron chi connectivity index (χ3n) is 3.29. The third kappa shape index (κ3) is 2.94. The Morgan fingerprint density at radius 1 is 1.55 bits per heavy atom. The molecule has 1 aliphatic heterocycles. The number of fused-ring (bicyclic) bond motifs is 1. The zero-order valence-electron chi connectivity index (χ0n) is 12.2.